The zero-order chi connectivity index (χ0) is 16.8. The second-order valence-electron chi connectivity index (χ2n) is 6.05. The van der Waals surface area contributed by atoms with Crippen molar-refractivity contribution in [3.63, 3.8) is 0 Å². The lowest BCUT2D eigenvalue weighted by Gasteiger charge is -2.34. The highest BCUT2D eigenvalue weighted by Gasteiger charge is 2.18. The minimum atomic E-state index is 0. The van der Waals surface area contributed by atoms with Crippen molar-refractivity contribution >= 4 is 41.9 Å². The van der Waals surface area contributed by atoms with Crippen LogP contribution in [-0.2, 0) is 6.54 Å². The molecule has 1 aliphatic rings. The Morgan fingerprint density at radius 3 is 2.27 bits per heavy atom. The van der Waals surface area contributed by atoms with Gasteiger partial charge in [-0.05, 0) is 17.7 Å². The molecule has 140 valence electrons. The fourth-order valence-corrected chi connectivity index (χ4v) is 3.71. The summed E-state index contributed by atoms with van der Waals surface area (Å²) in [5.41, 5.74) is 1.35. The summed E-state index contributed by atoms with van der Waals surface area (Å²) in [5, 5.41) is 8.83. The van der Waals surface area contributed by atoms with Gasteiger partial charge in [-0.3, -0.25) is 9.69 Å². The molecule has 0 radical (unpaired) electrons. The third-order valence-corrected chi connectivity index (χ3v) is 5.39. The summed E-state index contributed by atoms with van der Waals surface area (Å²) >= 11 is 1.29. The Morgan fingerprint density at radius 2 is 1.65 bits per heavy atom. The van der Waals surface area contributed by atoms with E-state index in [0.29, 0.717) is 16.2 Å². The molecule has 0 N–H and O–H groups in total. The smallest absolute Gasteiger partial charge is 0.174 e. The first-order chi connectivity index (χ1) is 11.7. The molecule has 4 nitrogen and oxygen atoms in total. The first kappa shape index (κ1) is 22.6. The van der Waals surface area contributed by atoms with Crippen LogP contribution in [0, 0.1) is 11.3 Å². The van der Waals surface area contributed by atoms with Crippen molar-refractivity contribution in [2.45, 2.75) is 13.0 Å². The van der Waals surface area contributed by atoms with Crippen LogP contribution in [0.3, 0.4) is 0 Å². The molecule has 1 aromatic carbocycles. The third kappa shape index (κ3) is 6.39. The van der Waals surface area contributed by atoms with E-state index in [1.54, 1.807) is 12.1 Å². The van der Waals surface area contributed by atoms with Gasteiger partial charge in [0.05, 0.1) is 4.88 Å². The van der Waals surface area contributed by atoms with Crippen LogP contribution in [0.2, 0.25) is 0 Å². The lowest BCUT2D eigenvalue weighted by Crippen LogP contribution is -2.46. The van der Waals surface area contributed by atoms with E-state index in [-0.39, 0.29) is 30.6 Å². The summed E-state index contributed by atoms with van der Waals surface area (Å²) in [7, 11) is 0. The molecule has 1 saturated heterocycles. The van der Waals surface area contributed by atoms with Crippen LogP contribution in [0.15, 0.2) is 42.5 Å². The van der Waals surface area contributed by atoms with E-state index in [0.717, 1.165) is 39.3 Å². The van der Waals surface area contributed by atoms with Gasteiger partial charge in [-0.1, -0.05) is 30.3 Å². The molecule has 0 aliphatic carbocycles. The molecule has 1 aliphatic heterocycles. The maximum absolute atomic E-state index is 12.2. The SMILES string of the molecule is Cl.Cl.N#Cc1ccc(C(=O)CCN2CCN(Cc3ccccc3)CC2)s1. The summed E-state index contributed by atoms with van der Waals surface area (Å²) in [6.07, 6.45) is 0.532. The first-order valence-corrected chi connectivity index (χ1v) is 9.08. The molecule has 0 unspecified atom stereocenters. The van der Waals surface area contributed by atoms with Gasteiger partial charge < -0.3 is 4.90 Å². The predicted octanol–water partition coefficient (Wildman–Crippen LogP) is 3.85. The van der Waals surface area contributed by atoms with Gasteiger partial charge in [0, 0.05) is 45.7 Å². The Balaban J connectivity index is 0.00000169. The summed E-state index contributed by atoms with van der Waals surface area (Å²) in [5.74, 6) is 0.146. The number of hydrogen-bond donors (Lipinski definition) is 0. The predicted molar refractivity (Wildman–Crippen MR) is 111 cm³/mol. The number of carbonyl (C=O) groups is 1. The van der Waals surface area contributed by atoms with Crippen LogP contribution in [0.5, 0.6) is 0 Å². The zero-order valence-corrected chi connectivity index (χ0v) is 16.9. The van der Waals surface area contributed by atoms with Crippen molar-refractivity contribution in [2.24, 2.45) is 0 Å². The first-order valence-electron chi connectivity index (χ1n) is 8.26. The largest absolute Gasteiger partial charge is 0.300 e. The molecule has 26 heavy (non-hydrogen) atoms. The molecule has 0 atom stereocenters. The van der Waals surface area contributed by atoms with Crippen molar-refractivity contribution in [1.29, 1.82) is 5.26 Å². The van der Waals surface area contributed by atoms with Crippen LogP contribution >= 0.6 is 36.2 Å². The molecule has 1 fully saturated rings. The summed E-state index contributed by atoms with van der Waals surface area (Å²) < 4.78 is 0. The highest BCUT2D eigenvalue weighted by Crippen LogP contribution is 2.17. The van der Waals surface area contributed by atoms with Gasteiger partial charge in [0.25, 0.3) is 0 Å². The Labute approximate surface area is 171 Å². The number of nitrogens with zero attached hydrogens (tertiary/aromatic N) is 3. The molecule has 1 aromatic heterocycles. The number of halogens is 2. The lowest BCUT2D eigenvalue weighted by atomic mass is 10.2. The highest BCUT2D eigenvalue weighted by molar-refractivity contribution is 7.14. The number of Topliss-reactive ketones (excluding diaryl/α,β-unsaturated/α-hetero) is 1. The van der Waals surface area contributed by atoms with E-state index in [4.69, 9.17) is 5.26 Å². The van der Waals surface area contributed by atoms with Crippen molar-refractivity contribution in [1.82, 2.24) is 9.80 Å². The van der Waals surface area contributed by atoms with Crippen molar-refractivity contribution < 1.29 is 4.79 Å². The minimum Gasteiger partial charge on any atom is -0.300 e. The van der Waals surface area contributed by atoms with Gasteiger partial charge in [-0.2, -0.15) is 5.26 Å². The van der Waals surface area contributed by atoms with Crippen LogP contribution in [0.25, 0.3) is 0 Å². The molecular formula is C19H23Cl2N3OS. The zero-order valence-electron chi connectivity index (χ0n) is 14.5. The number of carbonyl (C=O) groups excluding carboxylic acids is 1. The lowest BCUT2D eigenvalue weighted by molar-refractivity contribution is 0.0926. The molecule has 2 heterocycles. The van der Waals surface area contributed by atoms with Crippen LogP contribution in [0.1, 0.15) is 26.5 Å². The maximum Gasteiger partial charge on any atom is 0.174 e. The molecular weight excluding hydrogens is 389 g/mol. The molecule has 3 rings (SSSR count). The normalized spacial score (nSPS) is 14.7. The van der Waals surface area contributed by atoms with Crippen molar-refractivity contribution in [3.8, 4) is 6.07 Å². The Morgan fingerprint density at radius 1 is 1.00 bits per heavy atom. The van der Waals surface area contributed by atoms with E-state index in [2.05, 4.69) is 40.1 Å². The van der Waals surface area contributed by atoms with E-state index in [9.17, 15) is 4.79 Å². The maximum atomic E-state index is 12.2. The van der Waals surface area contributed by atoms with Crippen molar-refractivity contribution in [2.75, 3.05) is 32.7 Å². The molecule has 0 bridgehead atoms. The average Bonchev–Trinajstić information content (AvgIpc) is 3.11. The van der Waals surface area contributed by atoms with Gasteiger partial charge >= 0.3 is 0 Å². The summed E-state index contributed by atoms with van der Waals surface area (Å²) in [6.45, 7) is 5.90. The Hall–Kier alpha value is -1.42. The highest BCUT2D eigenvalue weighted by atomic mass is 35.5. The number of hydrogen-bond acceptors (Lipinski definition) is 5. The van der Waals surface area contributed by atoms with Gasteiger partial charge in [0.2, 0.25) is 0 Å². The molecule has 2 aromatic rings. The topological polar surface area (TPSA) is 47.3 Å². The monoisotopic (exact) mass is 411 g/mol. The molecule has 0 spiro atoms. The Bertz CT molecular complexity index is 722. The average molecular weight is 412 g/mol. The standard InChI is InChI=1S/C19H21N3OS.2ClH/c20-14-17-6-7-19(24-17)18(23)8-9-21-10-12-22(13-11-21)15-16-4-2-1-3-5-16;;/h1-7H,8-13,15H2;2*1H. The van der Waals surface area contributed by atoms with Gasteiger partial charge in [0.1, 0.15) is 10.9 Å². The fourth-order valence-electron chi connectivity index (χ4n) is 2.94. The second kappa shape index (κ2) is 11.3. The van der Waals surface area contributed by atoms with E-state index < -0.39 is 0 Å². The summed E-state index contributed by atoms with van der Waals surface area (Å²) in [6, 6.07) is 16.1. The minimum absolute atomic E-state index is 0. The second-order valence-corrected chi connectivity index (χ2v) is 7.14. The fraction of sp³-hybridized carbons (Fsp3) is 0.368. The van der Waals surface area contributed by atoms with Crippen LogP contribution in [-0.4, -0.2) is 48.3 Å². The molecule has 0 amide bonds. The van der Waals surface area contributed by atoms with Crippen LogP contribution < -0.4 is 0 Å². The number of thiophene rings is 1. The third-order valence-electron chi connectivity index (χ3n) is 4.36. The number of ketones is 1. The number of rotatable bonds is 6. The van der Waals surface area contributed by atoms with Crippen LogP contribution in [0.4, 0.5) is 0 Å². The van der Waals surface area contributed by atoms with Gasteiger partial charge in [-0.15, -0.1) is 36.2 Å². The summed E-state index contributed by atoms with van der Waals surface area (Å²) in [4.78, 5) is 18.3. The van der Waals surface area contributed by atoms with Gasteiger partial charge in [-0.25, -0.2) is 0 Å². The Kier molecular flexibility index (Phi) is 9.85. The van der Waals surface area contributed by atoms with Crippen molar-refractivity contribution in [3.05, 3.63) is 57.8 Å². The van der Waals surface area contributed by atoms with E-state index in [1.165, 1.54) is 16.9 Å². The van der Waals surface area contributed by atoms with Gasteiger partial charge in [0.15, 0.2) is 5.78 Å². The quantitative estimate of drug-likeness (QED) is 0.677. The molecule has 7 heteroatoms. The number of benzene rings is 1. The molecule has 0 saturated carbocycles. The number of nitriles is 1. The number of piperazine rings is 1. The van der Waals surface area contributed by atoms with E-state index >= 15 is 0 Å². The van der Waals surface area contributed by atoms with E-state index in [1.807, 2.05) is 6.07 Å².